The van der Waals surface area contributed by atoms with Gasteiger partial charge in [-0.25, -0.2) is 0 Å². The maximum Gasteiger partial charge on any atom is 0.164 e. The summed E-state index contributed by atoms with van der Waals surface area (Å²) in [6.07, 6.45) is 0. The molecule has 0 bridgehead atoms. The number of rotatable bonds is 4. The van der Waals surface area contributed by atoms with E-state index < -0.39 is 5.97 Å². The third kappa shape index (κ3) is 2.12. The number of hydrogen-bond donors (Lipinski definition) is 0. The molecule has 0 aliphatic heterocycles. The average molecular weight is 211 g/mol. The van der Waals surface area contributed by atoms with Crippen molar-refractivity contribution in [2.24, 2.45) is 0 Å². The first-order valence-electron chi connectivity index (χ1n) is 4.15. The van der Waals surface area contributed by atoms with E-state index in [2.05, 4.69) is 0 Å². The van der Waals surface area contributed by atoms with Crippen LogP contribution in [0, 0.1) is 0 Å². The maximum atomic E-state index is 10.8. The molecular formula is C10H11O5-. The molecular weight excluding hydrogens is 200 g/mol. The highest BCUT2D eigenvalue weighted by Gasteiger charge is 2.11. The van der Waals surface area contributed by atoms with Crippen LogP contribution in [0.15, 0.2) is 12.1 Å². The molecule has 0 radical (unpaired) electrons. The van der Waals surface area contributed by atoms with Crippen molar-refractivity contribution >= 4 is 5.97 Å². The van der Waals surface area contributed by atoms with Crippen molar-refractivity contribution < 1.29 is 24.1 Å². The molecule has 82 valence electrons. The van der Waals surface area contributed by atoms with Gasteiger partial charge in [-0.15, -0.1) is 0 Å². The molecule has 0 amide bonds. The summed E-state index contributed by atoms with van der Waals surface area (Å²) in [4.78, 5) is 10.8. The molecule has 1 aromatic carbocycles. The molecule has 0 aromatic heterocycles. The second-order valence-electron chi connectivity index (χ2n) is 2.69. The Balaban J connectivity index is 3.34. The van der Waals surface area contributed by atoms with E-state index >= 15 is 0 Å². The van der Waals surface area contributed by atoms with E-state index in [1.807, 2.05) is 0 Å². The quantitative estimate of drug-likeness (QED) is 0.705. The number of ether oxygens (including phenoxy) is 3. The van der Waals surface area contributed by atoms with Crippen LogP contribution in [0.1, 0.15) is 10.4 Å². The molecule has 0 saturated heterocycles. The molecule has 0 fully saturated rings. The molecule has 1 rings (SSSR count). The monoisotopic (exact) mass is 211 g/mol. The van der Waals surface area contributed by atoms with E-state index in [0.717, 1.165) is 0 Å². The molecule has 0 unspecified atom stereocenters. The lowest BCUT2D eigenvalue weighted by Gasteiger charge is -2.14. The standard InChI is InChI=1S/C10H12O5/c1-13-7-5-9(15-3)8(14-2)4-6(7)10(11)12/h4-5H,1-3H3,(H,11,12)/p-1. The van der Waals surface area contributed by atoms with E-state index in [0.29, 0.717) is 11.5 Å². The maximum absolute atomic E-state index is 10.8. The molecule has 0 saturated carbocycles. The molecule has 15 heavy (non-hydrogen) atoms. The van der Waals surface area contributed by atoms with Gasteiger partial charge >= 0.3 is 0 Å². The Hall–Kier alpha value is -1.91. The summed E-state index contributed by atoms with van der Waals surface area (Å²) in [6.45, 7) is 0. The van der Waals surface area contributed by atoms with E-state index in [-0.39, 0.29) is 11.3 Å². The first kappa shape index (κ1) is 11.2. The Morgan fingerprint density at radius 3 is 1.87 bits per heavy atom. The summed E-state index contributed by atoms with van der Waals surface area (Å²) in [5.74, 6) is -0.433. The van der Waals surface area contributed by atoms with E-state index in [9.17, 15) is 9.90 Å². The first-order chi connectivity index (χ1) is 7.13. The molecule has 5 heteroatoms. The smallest absolute Gasteiger partial charge is 0.164 e. The molecule has 0 heterocycles. The van der Waals surface area contributed by atoms with Crippen LogP contribution >= 0.6 is 0 Å². The molecule has 0 atom stereocenters. The Morgan fingerprint density at radius 2 is 1.47 bits per heavy atom. The van der Waals surface area contributed by atoms with Gasteiger partial charge in [0.15, 0.2) is 11.5 Å². The molecule has 0 aliphatic carbocycles. The fourth-order valence-corrected chi connectivity index (χ4v) is 1.19. The fourth-order valence-electron chi connectivity index (χ4n) is 1.19. The highest BCUT2D eigenvalue weighted by molar-refractivity contribution is 5.90. The van der Waals surface area contributed by atoms with Gasteiger partial charge in [0.1, 0.15) is 5.75 Å². The second-order valence-corrected chi connectivity index (χ2v) is 2.69. The van der Waals surface area contributed by atoms with Crippen molar-refractivity contribution in [2.75, 3.05) is 21.3 Å². The number of aromatic carboxylic acids is 1. The summed E-state index contributed by atoms with van der Waals surface area (Å²) in [6, 6.07) is 2.73. The fraction of sp³-hybridized carbons (Fsp3) is 0.300. The predicted molar refractivity (Wildman–Crippen MR) is 50.4 cm³/mol. The summed E-state index contributed by atoms with van der Waals surface area (Å²) >= 11 is 0. The Bertz CT molecular complexity index is 372. The van der Waals surface area contributed by atoms with Gasteiger partial charge in [-0.3, -0.25) is 0 Å². The third-order valence-electron chi connectivity index (χ3n) is 1.93. The van der Waals surface area contributed by atoms with Crippen molar-refractivity contribution in [3.05, 3.63) is 17.7 Å². The van der Waals surface area contributed by atoms with Crippen molar-refractivity contribution in [1.29, 1.82) is 0 Å². The number of hydrogen-bond acceptors (Lipinski definition) is 5. The third-order valence-corrected chi connectivity index (χ3v) is 1.93. The predicted octanol–water partition coefficient (Wildman–Crippen LogP) is 0.0759. The summed E-state index contributed by atoms with van der Waals surface area (Å²) < 4.78 is 14.8. The van der Waals surface area contributed by atoms with Gasteiger partial charge in [0, 0.05) is 11.6 Å². The zero-order valence-electron chi connectivity index (χ0n) is 8.70. The van der Waals surface area contributed by atoms with E-state index in [1.165, 1.54) is 33.5 Å². The van der Waals surface area contributed by atoms with Gasteiger partial charge in [-0.05, 0) is 6.07 Å². The van der Waals surface area contributed by atoms with Gasteiger partial charge in [0.05, 0.1) is 27.3 Å². The minimum Gasteiger partial charge on any atom is -0.545 e. The minimum atomic E-state index is -1.33. The highest BCUT2D eigenvalue weighted by atomic mass is 16.5. The van der Waals surface area contributed by atoms with Gasteiger partial charge in [-0.2, -0.15) is 0 Å². The van der Waals surface area contributed by atoms with Crippen molar-refractivity contribution in [1.82, 2.24) is 0 Å². The van der Waals surface area contributed by atoms with Crippen molar-refractivity contribution in [3.63, 3.8) is 0 Å². The molecule has 0 N–H and O–H groups in total. The summed E-state index contributed by atoms with van der Waals surface area (Å²) in [5.41, 5.74) is -0.0739. The van der Waals surface area contributed by atoms with Crippen molar-refractivity contribution in [2.45, 2.75) is 0 Å². The molecule has 0 aliphatic rings. The Morgan fingerprint density at radius 1 is 1.00 bits per heavy atom. The largest absolute Gasteiger partial charge is 0.545 e. The number of carbonyl (C=O) groups excluding carboxylic acids is 1. The van der Waals surface area contributed by atoms with E-state index in [4.69, 9.17) is 14.2 Å². The lowest BCUT2D eigenvalue weighted by molar-refractivity contribution is -0.255. The van der Waals surface area contributed by atoms with Gasteiger partial charge in [0.2, 0.25) is 0 Å². The minimum absolute atomic E-state index is 0.0739. The van der Waals surface area contributed by atoms with E-state index in [1.54, 1.807) is 0 Å². The van der Waals surface area contributed by atoms with Crippen LogP contribution in [-0.4, -0.2) is 27.3 Å². The topological polar surface area (TPSA) is 67.8 Å². The lowest BCUT2D eigenvalue weighted by atomic mass is 10.2. The van der Waals surface area contributed by atoms with Crippen LogP contribution < -0.4 is 19.3 Å². The highest BCUT2D eigenvalue weighted by Crippen LogP contribution is 2.34. The zero-order valence-corrected chi connectivity index (χ0v) is 8.70. The Labute approximate surface area is 87.2 Å². The van der Waals surface area contributed by atoms with Gasteiger partial charge in [0.25, 0.3) is 0 Å². The zero-order chi connectivity index (χ0) is 11.4. The van der Waals surface area contributed by atoms with Crippen LogP contribution in [0.2, 0.25) is 0 Å². The average Bonchev–Trinajstić information content (AvgIpc) is 2.26. The molecule has 0 spiro atoms. The van der Waals surface area contributed by atoms with Crippen LogP contribution in [0.5, 0.6) is 17.2 Å². The van der Waals surface area contributed by atoms with Gasteiger partial charge in [-0.1, -0.05) is 0 Å². The van der Waals surface area contributed by atoms with Crippen molar-refractivity contribution in [3.8, 4) is 17.2 Å². The van der Waals surface area contributed by atoms with Gasteiger partial charge < -0.3 is 24.1 Å². The van der Waals surface area contributed by atoms with Crippen LogP contribution in [0.25, 0.3) is 0 Å². The Kier molecular flexibility index (Phi) is 3.38. The number of carboxylic acid groups (broad SMARTS) is 1. The van der Waals surface area contributed by atoms with Crippen LogP contribution in [-0.2, 0) is 0 Å². The number of benzene rings is 1. The first-order valence-corrected chi connectivity index (χ1v) is 4.15. The number of methoxy groups -OCH3 is 3. The van der Waals surface area contributed by atoms with Crippen LogP contribution in [0.4, 0.5) is 0 Å². The SMILES string of the molecule is COc1cc(OC)c(C(=O)[O-])cc1OC. The normalized spacial score (nSPS) is 9.53. The second kappa shape index (κ2) is 4.54. The number of carboxylic acids is 1. The molecule has 5 nitrogen and oxygen atoms in total. The molecule has 1 aromatic rings. The summed E-state index contributed by atoms with van der Waals surface area (Å²) in [7, 11) is 4.24. The van der Waals surface area contributed by atoms with Crippen LogP contribution in [0.3, 0.4) is 0 Å². The summed E-state index contributed by atoms with van der Waals surface area (Å²) in [5, 5.41) is 10.8. The number of carbonyl (C=O) groups is 1. The lowest BCUT2D eigenvalue weighted by Crippen LogP contribution is -2.23.